The van der Waals surface area contributed by atoms with E-state index in [4.69, 9.17) is 16.3 Å². The van der Waals surface area contributed by atoms with Crippen LogP contribution in [0.1, 0.15) is 18.9 Å². The fourth-order valence-electron chi connectivity index (χ4n) is 3.58. The van der Waals surface area contributed by atoms with Gasteiger partial charge in [-0.25, -0.2) is 8.42 Å². The predicted molar refractivity (Wildman–Crippen MR) is 112 cm³/mol. The molecule has 1 aliphatic heterocycles. The Bertz CT molecular complexity index is 993. The van der Waals surface area contributed by atoms with Gasteiger partial charge in [-0.3, -0.25) is 9.10 Å². The Labute approximate surface area is 170 Å². The molecule has 0 N–H and O–H groups in total. The van der Waals surface area contributed by atoms with Crippen LogP contribution < -0.4 is 13.9 Å². The highest BCUT2D eigenvalue weighted by Crippen LogP contribution is 2.33. The number of hydrogen-bond donors (Lipinski definition) is 0. The van der Waals surface area contributed by atoms with Gasteiger partial charge < -0.3 is 9.64 Å². The zero-order chi connectivity index (χ0) is 20.5. The Morgan fingerprint density at radius 3 is 2.61 bits per heavy atom. The first-order chi connectivity index (χ1) is 13.2. The molecule has 0 aliphatic carbocycles. The van der Waals surface area contributed by atoms with E-state index in [0.717, 1.165) is 34.7 Å². The van der Waals surface area contributed by atoms with E-state index < -0.39 is 16.1 Å². The van der Waals surface area contributed by atoms with Crippen LogP contribution in [-0.2, 0) is 21.2 Å². The number of halogens is 1. The summed E-state index contributed by atoms with van der Waals surface area (Å²) < 4.78 is 31.3. The number of methoxy groups -OCH3 is 1. The third kappa shape index (κ3) is 3.95. The van der Waals surface area contributed by atoms with Crippen molar-refractivity contribution in [1.82, 2.24) is 0 Å². The van der Waals surface area contributed by atoms with Gasteiger partial charge in [0.2, 0.25) is 10.0 Å². The summed E-state index contributed by atoms with van der Waals surface area (Å²) in [4.78, 5) is 15.0. The standard InChI is InChI=1S/C20H23ClN2O4S/c1-14(20(24)22-12-6-8-15-7-4-5-9-18(15)22)23(28(3,25)26)16-10-11-19(27-2)17(21)13-16/h4-5,7,9-11,13-14H,6,8,12H2,1-3H3. The van der Waals surface area contributed by atoms with Crippen LogP contribution in [0.25, 0.3) is 0 Å². The fourth-order valence-corrected chi connectivity index (χ4v) is 5.00. The van der Waals surface area contributed by atoms with Crippen molar-refractivity contribution >= 4 is 38.9 Å². The molecule has 3 rings (SSSR count). The molecule has 0 saturated heterocycles. The van der Waals surface area contributed by atoms with Crippen LogP contribution >= 0.6 is 11.6 Å². The van der Waals surface area contributed by atoms with Gasteiger partial charge in [0, 0.05) is 12.2 Å². The summed E-state index contributed by atoms with van der Waals surface area (Å²) in [7, 11) is -2.25. The number of anilines is 2. The van der Waals surface area contributed by atoms with Gasteiger partial charge in [-0.2, -0.15) is 0 Å². The number of carbonyl (C=O) groups is 1. The van der Waals surface area contributed by atoms with Crippen molar-refractivity contribution in [1.29, 1.82) is 0 Å². The molecule has 2 aromatic carbocycles. The molecule has 1 unspecified atom stereocenters. The van der Waals surface area contributed by atoms with Crippen molar-refractivity contribution in [2.75, 3.05) is 29.1 Å². The monoisotopic (exact) mass is 422 g/mol. The van der Waals surface area contributed by atoms with Crippen molar-refractivity contribution < 1.29 is 17.9 Å². The van der Waals surface area contributed by atoms with Gasteiger partial charge in [0.25, 0.3) is 5.91 Å². The van der Waals surface area contributed by atoms with Crippen LogP contribution in [0.2, 0.25) is 5.02 Å². The molecule has 28 heavy (non-hydrogen) atoms. The molecular formula is C20H23ClN2O4S. The predicted octanol–water partition coefficient (Wildman–Crippen LogP) is 3.48. The second-order valence-corrected chi connectivity index (χ2v) is 9.04. The van der Waals surface area contributed by atoms with Crippen molar-refractivity contribution in [3.63, 3.8) is 0 Å². The lowest BCUT2D eigenvalue weighted by molar-refractivity contribution is -0.119. The van der Waals surface area contributed by atoms with Crippen LogP contribution in [-0.4, -0.2) is 40.3 Å². The molecule has 2 aromatic rings. The Morgan fingerprint density at radius 2 is 1.96 bits per heavy atom. The number of rotatable bonds is 5. The van der Waals surface area contributed by atoms with E-state index >= 15 is 0 Å². The smallest absolute Gasteiger partial charge is 0.250 e. The summed E-state index contributed by atoms with van der Waals surface area (Å²) in [6, 6.07) is 11.5. The van der Waals surface area contributed by atoms with Crippen LogP contribution in [0.3, 0.4) is 0 Å². The largest absolute Gasteiger partial charge is 0.495 e. The van der Waals surface area contributed by atoms with E-state index in [1.807, 2.05) is 24.3 Å². The van der Waals surface area contributed by atoms with Crippen LogP contribution in [0.15, 0.2) is 42.5 Å². The Hall–Kier alpha value is -2.25. The quantitative estimate of drug-likeness (QED) is 0.739. The SMILES string of the molecule is COc1ccc(N(C(C)C(=O)N2CCCc3ccccc32)S(C)(=O)=O)cc1Cl. The van der Waals surface area contributed by atoms with E-state index in [1.165, 1.54) is 13.2 Å². The fraction of sp³-hybridized carbons (Fsp3) is 0.350. The second-order valence-electron chi connectivity index (χ2n) is 6.78. The molecule has 0 aromatic heterocycles. The van der Waals surface area contributed by atoms with E-state index in [0.29, 0.717) is 18.0 Å². The lowest BCUT2D eigenvalue weighted by Gasteiger charge is -2.35. The summed E-state index contributed by atoms with van der Waals surface area (Å²) >= 11 is 6.18. The van der Waals surface area contributed by atoms with Crippen molar-refractivity contribution in [2.45, 2.75) is 25.8 Å². The Balaban J connectivity index is 1.98. The van der Waals surface area contributed by atoms with E-state index in [-0.39, 0.29) is 10.9 Å². The van der Waals surface area contributed by atoms with E-state index in [1.54, 1.807) is 24.0 Å². The lowest BCUT2D eigenvalue weighted by Crippen LogP contribution is -2.50. The minimum absolute atomic E-state index is 0.274. The zero-order valence-corrected chi connectivity index (χ0v) is 17.6. The Morgan fingerprint density at radius 1 is 1.25 bits per heavy atom. The summed E-state index contributed by atoms with van der Waals surface area (Å²) in [5.41, 5.74) is 2.25. The topological polar surface area (TPSA) is 66.9 Å². The first-order valence-electron chi connectivity index (χ1n) is 8.96. The first-order valence-corrected chi connectivity index (χ1v) is 11.2. The zero-order valence-electron chi connectivity index (χ0n) is 16.1. The first kappa shape index (κ1) is 20.5. The number of ether oxygens (including phenoxy) is 1. The van der Waals surface area contributed by atoms with Gasteiger partial charge in [0.05, 0.1) is 24.1 Å². The highest BCUT2D eigenvalue weighted by atomic mass is 35.5. The van der Waals surface area contributed by atoms with Gasteiger partial charge >= 0.3 is 0 Å². The summed E-state index contributed by atoms with van der Waals surface area (Å²) in [6.07, 6.45) is 2.82. The lowest BCUT2D eigenvalue weighted by atomic mass is 10.0. The maximum absolute atomic E-state index is 13.3. The average molecular weight is 423 g/mol. The maximum Gasteiger partial charge on any atom is 0.250 e. The van der Waals surface area contributed by atoms with Gasteiger partial charge in [0.15, 0.2) is 0 Å². The maximum atomic E-state index is 13.3. The summed E-state index contributed by atoms with van der Waals surface area (Å²) in [6.45, 7) is 2.15. The van der Waals surface area contributed by atoms with Crippen LogP contribution in [0, 0.1) is 0 Å². The second kappa shape index (κ2) is 8.01. The normalized spacial score (nSPS) is 14.9. The minimum atomic E-state index is -3.73. The third-order valence-electron chi connectivity index (χ3n) is 4.83. The van der Waals surface area contributed by atoms with Crippen molar-refractivity contribution in [2.24, 2.45) is 0 Å². The number of nitrogens with zero attached hydrogens (tertiary/aromatic N) is 2. The number of carbonyl (C=O) groups excluding carboxylic acids is 1. The molecule has 0 radical (unpaired) electrons. The van der Waals surface area contributed by atoms with E-state index in [2.05, 4.69) is 0 Å². The highest BCUT2D eigenvalue weighted by molar-refractivity contribution is 7.92. The molecule has 6 nitrogen and oxygen atoms in total. The third-order valence-corrected chi connectivity index (χ3v) is 6.37. The van der Waals surface area contributed by atoms with Crippen LogP contribution in [0.4, 0.5) is 11.4 Å². The number of sulfonamides is 1. The molecule has 1 amide bonds. The van der Waals surface area contributed by atoms with Gasteiger partial charge in [0.1, 0.15) is 11.8 Å². The molecular weight excluding hydrogens is 400 g/mol. The molecule has 0 saturated carbocycles. The number of fused-ring (bicyclic) bond motifs is 1. The van der Waals surface area contributed by atoms with Gasteiger partial charge in [-0.05, 0) is 49.6 Å². The van der Waals surface area contributed by atoms with Gasteiger partial charge in [-0.15, -0.1) is 0 Å². The summed E-state index contributed by atoms with van der Waals surface area (Å²) in [5, 5.41) is 0.275. The number of amides is 1. The molecule has 0 bridgehead atoms. The van der Waals surface area contributed by atoms with Gasteiger partial charge in [-0.1, -0.05) is 29.8 Å². The van der Waals surface area contributed by atoms with Crippen LogP contribution in [0.5, 0.6) is 5.75 Å². The Kier molecular flexibility index (Phi) is 5.86. The molecule has 150 valence electrons. The summed E-state index contributed by atoms with van der Waals surface area (Å²) in [5.74, 6) is 0.160. The molecule has 0 fully saturated rings. The number of benzene rings is 2. The number of hydrogen-bond acceptors (Lipinski definition) is 4. The molecule has 1 atom stereocenters. The molecule has 8 heteroatoms. The molecule has 1 aliphatic rings. The van der Waals surface area contributed by atoms with Crippen molar-refractivity contribution in [3.8, 4) is 5.75 Å². The van der Waals surface area contributed by atoms with Crippen molar-refractivity contribution in [3.05, 3.63) is 53.1 Å². The average Bonchev–Trinajstić information content (AvgIpc) is 2.66. The number of aryl methyl sites for hydroxylation is 1. The molecule has 1 heterocycles. The molecule has 0 spiro atoms. The minimum Gasteiger partial charge on any atom is -0.495 e. The van der Waals surface area contributed by atoms with E-state index in [9.17, 15) is 13.2 Å². The highest BCUT2D eigenvalue weighted by Gasteiger charge is 2.34. The number of para-hydroxylation sites is 1.